The number of benzene rings is 2. The Morgan fingerprint density at radius 2 is 1.86 bits per heavy atom. The molecule has 0 unspecified atom stereocenters. The van der Waals surface area contributed by atoms with Crippen LogP contribution in [0.25, 0.3) is 10.9 Å². The largest absolute Gasteiger partial charge is 0.492 e. The molecule has 2 aromatic carbocycles. The van der Waals surface area contributed by atoms with Gasteiger partial charge >= 0.3 is 0 Å². The molecule has 7 nitrogen and oxygen atoms in total. The van der Waals surface area contributed by atoms with Gasteiger partial charge in [-0.25, -0.2) is 31.5 Å². The Kier molecular flexibility index (Phi) is 5.94. The lowest BCUT2D eigenvalue weighted by Crippen LogP contribution is -2.23. The Hall–Kier alpha value is -2.85. The average molecular weight is 422 g/mol. The summed E-state index contributed by atoms with van der Waals surface area (Å²) in [4.78, 5) is 7.75. The number of hydrogen-bond acceptors (Lipinski definition) is 6. The molecular weight excluding hydrogens is 402 g/mol. The van der Waals surface area contributed by atoms with Gasteiger partial charge < -0.3 is 10.1 Å². The summed E-state index contributed by atoms with van der Waals surface area (Å²) < 4.78 is 58.3. The molecule has 0 aliphatic carbocycles. The third-order valence-electron chi connectivity index (χ3n) is 4.08. The number of para-hydroxylation sites is 1. The maximum absolute atomic E-state index is 13.2. The van der Waals surface area contributed by atoms with Gasteiger partial charge in [-0.2, -0.15) is 0 Å². The molecule has 0 spiro atoms. The monoisotopic (exact) mass is 422 g/mol. The van der Waals surface area contributed by atoms with Crippen molar-refractivity contribution < 1.29 is 21.9 Å². The molecule has 0 amide bonds. The molecule has 3 rings (SSSR count). The maximum Gasteiger partial charge on any atom is 0.297 e. The number of nitrogens with one attached hydrogen (secondary N) is 1. The summed E-state index contributed by atoms with van der Waals surface area (Å²) in [7, 11) is -0.964. The fraction of sp³-hybridized carbons (Fsp3) is 0.263. The summed E-state index contributed by atoms with van der Waals surface area (Å²) in [5.41, 5.74) is 0.713. The molecule has 0 aliphatic rings. The van der Waals surface area contributed by atoms with Crippen LogP contribution in [0.15, 0.2) is 47.4 Å². The summed E-state index contributed by atoms with van der Waals surface area (Å²) in [5.74, 6) is -0.255. The summed E-state index contributed by atoms with van der Waals surface area (Å²) >= 11 is 0. The van der Waals surface area contributed by atoms with Crippen LogP contribution in [-0.4, -0.2) is 43.4 Å². The van der Waals surface area contributed by atoms with Gasteiger partial charge in [-0.15, -0.1) is 0 Å². The van der Waals surface area contributed by atoms with Crippen molar-refractivity contribution >= 4 is 32.4 Å². The smallest absolute Gasteiger partial charge is 0.297 e. The Balaban J connectivity index is 2.12. The van der Waals surface area contributed by atoms with E-state index in [1.807, 2.05) is 0 Å². The lowest BCUT2D eigenvalue weighted by atomic mass is 10.2. The van der Waals surface area contributed by atoms with Crippen molar-refractivity contribution in [1.29, 1.82) is 0 Å². The minimum Gasteiger partial charge on any atom is -0.492 e. The number of nitrogens with zero attached hydrogens (tertiary/aromatic N) is 3. The Labute approximate surface area is 167 Å². The van der Waals surface area contributed by atoms with E-state index in [0.29, 0.717) is 16.6 Å². The average Bonchev–Trinajstić information content (AvgIpc) is 2.69. The molecule has 0 aliphatic heterocycles. The standard InChI is InChI=1S/C19H20F2N4O3S/c1-4-28-15-10-9-12(11-16(15)29(26,27)25(2)3)22-18-13-7-5-6-8-14(13)23-19(24-18)17(20)21/h5-11,17H,4H2,1-3H3,(H,22,23,24). The van der Waals surface area contributed by atoms with Crippen LogP contribution < -0.4 is 10.1 Å². The number of ether oxygens (including phenoxy) is 1. The second kappa shape index (κ2) is 8.26. The molecule has 0 atom stereocenters. The van der Waals surface area contributed by atoms with Crippen LogP contribution in [-0.2, 0) is 10.0 Å². The second-order valence-electron chi connectivity index (χ2n) is 6.26. The van der Waals surface area contributed by atoms with Gasteiger partial charge in [0.2, 0.25) is 10.0 Å². The molecule has 0 radical (unpaired) electrons. The number of anilines is 2. The highest BCUT2D eigenvalue weighted by Gasteiger charge is 2.23. The normalized spacial score (nSPS) is 12.0. The van der Waals surface area contributed by atoms with Crippen molar-refractivity contribution in [2.45, 2.75) is 18.2 Å². The lowest BCUT2D eigenvalue weighted by Gasteiger charge is -2.17. The van der Waals surface area contributed by atoms with Gasteiger partial charge in [0.05, 0.1) is 12.1 Å². The molecule has 29 heavy (non-hydrogen) atoms. The molecule has 0 saturated heterocycles. The van der Waals surface area contributed by atoms with E-state index >= 15 is 0 Å². The second-order valence-corrected chi connectivity index (χ2v) is 8.38. The van der Waals surface area contributed by atoms with Crippen LogP contribution in [0.3, 0.4) is 0 Å². The summed E-state index contributed by atoms with van der Waals surface area (Å²) in [6.45, 7) is 2.04. The zero-order valence-electron chi connectivity index (χ0n) is 16.1. The van der Waals surface area contributed by atoms with Crippen LogP contribution in [0.4, 0.5) is 20.3 Å². The molecule has 10 heteroatoms. The molecule has 1 aromatic heterocycles. The minimum atomic E-state index is -3.79. The summed E-state index contributed by atoms with van der Waals surface area (Å²) in [5, 5.41) is 3.47. The quantitative estimate of drug-likeness (QED) is 0.620. The Morgan fingerprint density at radius 1 is 1.14 bits per heavy atom. The van der Waals surface area contributed by atoms with Crippen molar-refractivity contribution in [3.63, 3.8) is 0 Å². The zero-order valence-corrected chi connectivity index (χ0v) is 16.9. The van der Waals surface area contributed by atoms with E-state index in [1.165, 1.54) is 26.2 Å². The summed E-state index contributed by atoms with van der Waals surface area (Å²) in [6.07, 6.45) is -2.84. The van der Waals surface area contributed by atoms with Crippen molar-refractivity contribution in [2.75, 3.05) is 26.0 Å². The van der Waals surface area contributed by atoms with Crippen LogP contribution in [0.5, 0.6) is 5.75 Å². The third kappa shape index (κ3) is 4.28. The highest BCUT2D eigenvalue weighted by atomic mass is 32.2. The number of fused-ring (bicyclic) bond motifs is 1. The van der Waals surface area contributed by atoms with Crippen molar-refractivity contribution in [2.24, 2.45) is 0 Å². The van der Waals surface area contributed by atoms with Gasteiger partial charge in [-0.3, -0.25) is 0 Å². The van der Waals surface area contributed by atoms with E-state index < -0.39 is 22.3 Å². The number of halogens is 2. The first-order valence-electron chi connectivity index (χ1n) is 8.75. The van der Waals surface area contributed by atoms with Crippen molar-refractivity contribution in [3.8, 4) is 5.75 Å². The van der Waals surface area contributed by atoms with Crippen molar-refractivity contribution in [3.05, 3.63) is 48.3 Å². The number of sulfonamides is 1. The fourth-order valence-electron chi connectivity index (χ4n) is 2.68. The third-order valence-corrected chi connectivity index (χ3v) is 5.92. The first-order chi connectivity index (χ1) is 13.7. The molecule has 1 N–H and O–H groups in total. The van der Waals surface area contributed by atoms with E-state index in [-0.39, 0.29) is 23.1 Å². The lowest BCUT2D eigenvalue weighted by molar-refractivity contribution is 0.141. The van der Waals surface area contributed by atoms with E-state index in [4.69, 9.17) is 4.74 Å². The molecule has 154 valence electrons. The van der Waals surface area contributed by atoms with Gasteiger partial charge in [-0.1, -0.05) is 12.1 Å². The number of hydrogen-bond donors (Lipinski definition) is 1. The van der Waals surface area contributed by atoms with E-state index in [2.05, 4.69) is 15.3 Å². The highest BCUT2D eigenvalue weighted by Crippen LogP contribution is 2.32. The minimum absolute atomic E-state index is 0.0400. The molecule has 1 heterocycles. The summed E-state index contributed by atoms with van der Waals surface area (Å²) in [6, 6.07) is 11.2. The van der Waals surface area contributed by atoms with Crippen molar-refractivity contribution in [1.82, 2.24) is 14.3 Å². The van der Waals surface area contributed by atoms with E-state index in [0.717, 1.165) is 4.31 Å². The van der Waals surface area contributed by atoms with Gasteiger partial charge in [0, 0.05) is 25.2 Å². The number of alkyl halides is 2. The van der Waals surface area contributed by atoms with Gasteiger partial charge in [0.15, 0.2) is 5.82 Å². The Morgan fingerprint density at radius 3 is 2.52 bits per heavy atom. The van der Waals surface area contributed by atoms with E-state index in [1.54, 1.807) is 37.3 Å². The first kappa shape index (κ1) is 20.9. The van der Waals surface area contributed by atoms with Gasteiger partial charge in [0.1, 0.15) is 16.5 Å². The topological polar surface area (TPSA) is 84.4 Å². The van der Waals surface area contributed by atoms with Crippen LogP contribution in [0, 0.1) is 0 Å². The fourth-order valence-corrected chi connectivity index (χ4v) is 3.73. The van der Waals surface area contributed by atoms with Gasteiger partial charge in [0.25, 0.3) is 6.43 Å². The molecule has 3 aromatic rings. The zero-order chi connectivity index (χ0) is 21.2. The predicted molar refractivity (Wildman–Crippen MR) is 106 cm³/mol. The molecule has 0 fully saturated rings. The van der Waals surface area contributed by atoms with Crippen LogP contribution >= 0.6 is 0 Å². The SMILES string of the molecule is CCOc1ccc(Nc2nc(C(F)F)nc3ccccc23)cc1S(=O)(=O)N(C)C. The molecule has 0 saturated carbocycles. The van der Waals surface area contributed by atoms with E-state index in [9.17, 15) is 17.2 Å². The molecule has 0 bridgehead atoms. The highest BCUT2D eigenvalue weighted by molar-refractivity contribution is 7.89. The first-order valence-corrected chi connectivity index (χ1v) is 10.2. The number of aromatic nitrogens is 2. The molecular formula is C19H20F2N4O3S. The number of rotatable bonds is 7. The Bertz CT molecular complexity index is 1140. The van der Waals surface area contributed by atoms with Crippen LogP contribution in [0.1, 0.15) is 19.2 Å². The predicted octanol–water partition coefficient (Wildman–Crippen LogP) is 3.96. The van der Waals surface area contributed by atoms with Gasteiger partial charge in [-0.05, 0) is 37.3 Å². The van der Waals surface area contributed by atoms with Crippen LogP contribution in [0.2, 0.25) is 0 Å². The maximum atomic E-state index is 13.2.